The van der Waals surface area contributed by atoms with Crippen LogP contribution < -0.4 is 0 Å². The molecular formula is C14H24N2O4. The molecule has 1 saturated heterocycles. The fraction of sp³-hybridized carbons (Fsp3) is 0.857. The van der Waals surface area contributed by atoms with E-state index >= 15 is 0 Å². The molecule has 6 heteroatoms. The van der Waals surface area contributed by atoms with E-state index in [9.17, 15) is 14.7 Å². The monoisotopic (exact) mass is 284 g/mol. The largest absolute Gasteiger partial charge is 0.481 e. The Labute approximate surface area is 119 Å². The Bertz CT molecular complexity index is 381. The summed E-state index contributed by atoms with van der Waals surface area (Å²) in [5.41, 5.74) is 0. The highest BCUT2D eigenvalue weighted by Gasteiger charge is 2.40. The summed E-state index contributed by atoms with van der Waals surface area (Å²) in [6.45, 7) is 5.24. The molecule has 20 heavy (non-hydrogen) atoms. The van der Waals surface area contributed by atoms with Crippen LogP contribution >= 0.6 is 0 Å². The molecule has 0 aromatic carbocycles. The zero-order valence-corrected chi connectivity index (χ0v) is 12.4. The van der Waals surface area contributed by atoms with E-state index in [1.165, 1.54) is 12.8 Å². The number of carboxylic acid groups (broad SMARTS) is 1. The van der Waals surface area contributed by atoms with E-state index in [-0.39, 0.29) is 24.7 Å². The van der Waals surface area contributed by atoms with Gasteiger partial charge in [0.05, 0.1) is 19.3 Å². The molecule has 2 rings (SSSR count). The van der Waals surface area contributed by atoms with E-state index in [0.29, 0.717) is 12.5 Å². The molecule has 0 aromatic heterocycles. The number of amides is 2. The Morgan fingerprint density at radius 2 is 1.95 bits per heavy atom. The number of carbonyl (C=O) groups excluding carboxylic acids is 1. The highest BCUT2D eigenvalue weighted by molar-refractivity contribution is 5.77. The van der Waals surface area contributed by atoms with Gasteiger partial charge in [-0.1, -0.05) is 0 Å². The first-order valence-electron chi connectivity index (χ1n) is 7.25. The molecule has 1 aliphatic heterocycles. The van der Waals surface area contributed by atoms with Crippen LogP contribution in [-0.4, -0.2) is 65.8 Å². The van der Waals surface area contributed by atoms with Crippen LogP contribution in [0.3, 0.4) is 0 Å². The molecule has 114 valence electrons. The Morgan fingerprint density at radius 1 is 1.30 bits per heavy atom. The first-order valence-corrected chi connectivity index (χ1v) is 7.25. The molecule has 2 atom stereocenters. The third-order valence-electron chi connectivity index (χ3n) is 4.19. The standard InChI is InChI=1S/C14H24N2O4/c1-9(2)16(6-10-4-5-10)14(19)15(3)12-8-20-7-11(12)13(17)18/h9-12H,4-8H2,1-3H3,(H,17,18). The van der Waals surface area contributed by atoms with Crippen LogP contribution in [0.2, 0.25) is 0 Å². The van der Waals surface area contributed by atoms with Gasteiger partial charge in [0.15, 0.2) is 0 Å². The summed E-state index contributed by atoms with van der Waals surface area (Å²) in [5, 5.41) is 9.19. The van der Waals surface area contributed by atoms with E-state index in [1.54, 1.807) is 11.9 Å². The van der Waals surface area contributed by atoms with Crippen LogP contribution in [0, 0.1) is 11.8 Å². The summed E-state index contributed by atoms with van der Waals surface area (Å²) in [6, 6.07) is -0.342. The fourth-order valence-corrected chi connectivity index (χ4v) is 2.59. The lowest BCUT2D eigenvalue weighted by molar-refractivity contribution is -0.142. The van der Waals surface area contributed by atoms with Gasteiger partial charge in [0.1, 0.15) is 5.92 Å². The number of rotatable bonds is 5. The second-order valence-electron chi connectivity index (χ2n) is 6.13. The highest BCUT2D eigenvalue weighted by Crippen LogP contribution is 2.31. The van der Waals surface area contributed by atoms with Crippen molar-refractivity contribution in [2.75, 3.05) is 26.8 Å². The molecule has 0 radical (unpaired) electrons. The van der Waals surface area contributed by atoms with Crippen molar-refractivity contribution in [3.05, 3.63) is 0 Å². The van der Waals surface area contributed by atoms with E-state index in [1.807, 2.05) is 18.7 Å². The molecule has 1 saturated carbocycles. The third kappa shape index (κ3) is 3.23. The maximum atomic E-state index is 12.6. The number of nitrogens with zero attached hydrogens (tertiary/aromatic N) is 2. The van der Waals surface area contributed by atoms with Crippen LogP contribution in [0.5, 0.6) is 0 Å². The molecule has 1 heterocycles. The van der Waals surface area contributed by atoms with Gasteiger partial charge in [0.2, 0.25) is 0 Å². The zero-order valence-electron chi connectivity index (χ0n) is 12.4. The van der Waals surface area contributed by atoms with Gasteiger partial charge in [-0.2, -0.15) is 0 Å². The van der Waals surface area contributed by atoms with Gasteiger partial charge in [0, 0.05) is 19.6 Å². The smallest absolute Gasteiger partial charge is 0.320 e. The number of carbonyl (C=O) groups is 2. The van der Waals surface area contributed by atoms with Crippen LogP contribution in [0.1, 0.15) is 26.7 Å². The molecule has 1 aliphatic carbocycles. The Balaban J connectivity index is 2.03. The lowest BCUT2D eigenvalue weighted by Gasteiger charge is -2.35. The van der Waals surface area contributed by atoms with E-state index < -0.39 is 11.9 Å². The summed E-state index contributed by atoms with van der Waals surface area (Å²) < 4.78 is 5.24. The molecule has 0 bridgehead atoms. The number of hydrogen-bond acceptors (Lipinski definition) is 3. The SMILES string of the molecule is CC(C)N(CC1CC1)C(=O)N(C)C1COCC1C(=O)O. The second kappa shape index (κ2) is 5.99. The van der Waals surface area contributed by atoms with Crippen LogP contribution in [0.4, 0.5) is 4.79 Å². The highest BCUT2D eigenvalue weighted by atomic mass is 16.5. The van der Waals surface area contributed by atoms with Crippen molar-refractivity contribution in [1.29, 1.82) is 0 Å². The average molecular weight is 284 g/mol. The molecule has 2 amide bonds. The summed E-state index contributed by atoms with van der Waals surface area (Å²) in [7, 11) is 1.68. The van der Waals surface area contributed by atoms with Gasteiger partial charge < -0.3 is 19.6 Å². The predicted molar refractivity (Wildman–Crippen MR) is 73.5 cm³/mol. The Hall–Kier alpha value is -1.30. The second-order valence-corrected chi connectivity index (χ2v) is 6.13. The van der Waals surface area contributed by atoms with Crippen molar-refractivity contribution >= 4 is 12.0 Å². The number of aliphatic carboxylic acids is 1. The van der Waals surface area contributed by atoms with E-state index in [2.05, 4.69) is 0 Å². The summed E-state index contributed by atoms with van der Waals surface area (Å²) in [6.07, 6.45) is 2.37. The number of carboxylic acids is 1. The fourth-order valence-electron chi connectivity index (χ4n) is 2.59. The maximum absolute atomic E-state index is 12.6. The topological polar surface area (TPSA) is 70.1 Å². The molecule has 2 aliphatic rings. The van der Waals surface area contributed by atoms with Gasteiger partial charge in [-0.15, -0.1) is 0 Å². The molecule has 1 N–H and O–H groups in total. The molecular weight excluding hydrogens is 260 g/mol. The lowest BCUT2D eigenvalue weighted by atomic mass is 10.0. The van der Waals surface area contributed by atoms with Crippen molar-refractivity contribution in [3.8, 4) is 0 Å². The summed E-state index contributed by atoms with van der Waals surface area (Å²) in [4.78, 5) is 27.2. The minimum absolute atomic E-state index is 0.0892. The van der Waals surface area contributed by atoms with E-state index in [0.717, 1.165) is 6.54 Å². The maximum Gasteiger partial charge on any atom is 0.320 e. The zero-order chi connectivity index (χ0) is 14.9. The molecule has 0 spiro atoms. The van der Waals surface area contributed by atoms with Gasteiger partial charge in [-0.25, -0.2) is 4.79 Å². The minimum atomic E-state index is -0.898. The molecule has 0 aromatic rings. The average Bonchev–Trinajstić information content (AvgIpc) is 3.07. The van der Waals surface area contributed by atoms with Crippen LogP contribution in [0.25, 0.3) is 0 Å². The first-order chi connectivity index (χ1) is 9.41. The number of hydrogen-bond donors (Lipinski definition) is 1. The number of likely N-dealkylation sites (N-methyl/N-ethyl adjacent to an activating group) is 1. The van der Waals surface area contributed by atoms with Gasteiger partial charge in [-0.3, -0.25) is 4.79 Å². The molecule has 6 nitrogen and oxygen atoms in total. The van der Waals surface area contributed by atoms with Crippen molar-refractivity contribution in [1.82, 2.24) is 9.80 Å². The van der Waals surface area contributed by atoms with Crippen molar-refractivity contribution in [2.24, 2.45) is 11.8 Å². The summed E-state index contributed by atoms with van der Waals surface area (Å²) >= 11 is 0. The molecule has 2 fully saturated rings. The number of urea groups is 1. The van der Waals surface area contributed by atoms with Gasteiger partial charge >= 0.3 is 12.0 Å². The molecule has 2 unspecified atom stereocenters. The normalized spacial score (nSPS) is 25.8. The van der Waals surface area contributed by atoms with Crippen molar-refractivity contribution < 1.29 is 19.4 Å². The number of ether oxygens (including phenoxy) is 1. The third-order valence-corrected chi connectivity index (χ3v) is 4.19. The van der Waals surface area contributed by atoms with Crippen molar-refractivity contribution in [3.63, 3.8) is 0 Å². The predicted octanol–water partition coefficient (Wildman–Crippen LogP) is 1.26. The minimum Gasteiger partial charge on any atom is -0.481 e. The van der Waals surface area contributed by atoms with Crippen LogP contribution in [-0.2, 0) is 9.53 Å². The van der Waals surface area contributed by atoms with Gasteiger partial charge in [-0.05, 0) is 32.6 Å². The summed E-state index contributed by atoms with van der Waals surface area (Å²) in [5.74, 6) is -0.908. The lowest BCUT2D eigenvalue weighted by Crippen LogP contribution is -2.52. The van der Waals surface area contributed by atoms with Crippen LogP contribution in [0.15, 0.2) is 0 Å². The van der Waals surface area contributed by atoms with Gasteiger partial charge in [0.25, 0.3) is 0 Å². The Kier molecular flexibility index (Phi) is 4.52. The van der Waals surface area contributed by atoms with Crippen molar-refractivity contribution in [2.45, 2.75) is 38.8 Å². The first kappa shape index (κ1) is 15.1. The Morgan fingerprint density at radius 3 is 2.45 bits per heavy atom. The quantitative estimate of drug-likeness (QED) is 0.825. The van der Waals surface area contributed by atoms with E-state index in [4.69, 9.17) is 4.74 Å².